The van der Waals surface area contributed by atoms with E-state index in [0.717, 1.165) is 12.8 Å². The molecule has 0 aliphatic heterocycles. The summed E-state index contributed by atoms with van der Waals surface area (Å²) in [4.78, 5) is 3.97. The Bertz CT molecular complexity index is 304. The lowest BCUT2D eigenvalue weighted by molar-refractivity contribution is 1.000. The topological polar surface area (TPSA) is 64.4 Å². The lowest BCUT2D eigenvalue weighted by atomic mass is 10.1. The van der Waals surface area contributed by atoms with E-state index >= 15 is 0 Å². The van der Waals surface area contributed by atoms with E-state index < -0.39 is 0 Å². The molecule has 0 bridgehead atoms. The summed E-state index contributed by atoms with van der Waals surface area (Å²) in [5.41, 5.74) is 13.1. The second-order valence-corrected chi connectivity index (χ2v) is 3.26. The molecule has 0 radical (unpaired) electrons. The van der Waals surface area contributed by atoms with Gasteiger partial charge in [0.05, 0.1) is 6.54 Å². The molecule has 76 valence electrons. The molecule has 0 unspecified atom stereocenters. The predicted molar refractivity (Wildman–Crippen MR) is 60.9 cm³/mol. The van der Waals surface area contributed by atoms with E-state index in [4.69, 9.17) is 11.5 Å². The van der Waals surface area contributed by atoms with Gasteiger partial charge in [0.2, 0.25) is 0 Å². The second kappa shape index (κ2) is 5.27. The average Bonchev–Trinajstić information content (AvgIpc) is 2.39. The number of rotatable bonds is 2. The lowest BCUT2D eigenvalue weighted by Crippen LogP contribution is -2.23. The zero-order valence-corrected chi connectivity index (χ0v) is 8.53. The molecule has 0 saturated heterocycles. The Morgan fingerprint density at radius 1 is 1.50 bits per heavy atom. The summed E-state index contributed by atoms with van der Waals surface area (Å²) >= 11 is 0. The molecule has 1 rings (SSSR count). The van der Waals surface area contributed by atoms with Crippen LogP contribution in [0.1, 0.15) is 19.8 Å². The van der Waals surface area contributed by atoms with Crippen molar-refractivity contribution in [2.45, 2.75) is 19.8 Å². The van der Waals surface area contributed by atoms with Gasteiger partial charge >= 0.3 is 0 Å². The minimum absolute atomic E-state index is 0.148. The zero-order chi connectivity index (χ0) is 10.4. The van der Waals surface area contributed by atoms with Crippen LogP contribution in [0.5, 0.6) is 0 Å². The molecule has 0 aromatic heterocycles. The van der Waals surface area contributed by atoms with E-state index in [2.05, 4.69) is 36.2 Å². The van der Waals surface area contributed by atoms with Gasteiger partial charge in [-0.25, -0.2) is 4.99 Å². The van der Waals surface area contributed by atoms with E-state index in [-0.39, 0.29) is 5.96 Å². The summed E-state index contributed by atoms with van der Waals surface area (Å²) in [5, 5.41) is 0. The van der Waals surface area contributed by atoms with Crippen molar-refractivity contribution < 1.29 is 0 Å². The molecule has 0 amide bonds. The van der Waals surface area contributed by atoms with Crippen molar-refractivity contribution in [2.24, 2.45) is 16.5 Å². The van der Waals surface area contributed by atoms with Gasteiger partial charge in [0, 0.05) is 0 Å². The van der Waals surface area contributed by atoms with Crippen molar-refractivity contribution in [2.75, 3.05) is 6.54 Å². The van der Waals surface area contributed by atoms with Gasteiger partial charge in [0.1, 0.15) is 0 Å². The summed E-state index contributed by atoms with van der Waals surface area (Å²) in [5.74, 6) is 0.148. The van der Waals surface area contributed by atoms with Crippen LogP contribution in [-0.4, -0.2) is 12.5 Å². The van der Waals surface area contributed by atoms with Gasteiger partial charge in [0.25, 0.3) is 0 Å². The van der Waals surface area contributed by atoms with E-state index in [0.29, 0.717) is 6.54 Å². The predicted octanol–water partition coefficient (Wildman–Crippen LogP) is 1.48. The Morgan fingerprint density at radius 2 is 2.29 bits per heavy atom. The van der Waals surface area contributed by atoms with E-state index in [1.54, 1.807) is 0 Å². The van der Waals surface area contributed by atoms with E-state index in [1.807, 2.05) is 0 Å². The molecule has 0 atom stereocenters. The largest absolute Gasteiger partial charge is 0.370 e. The van der Waals surface area contributed by atoms with Gasteiger partial charge in [-0.1, -0.05) is 29.9 Å². The fraction of sp³-hybridized carbons (Fsp3) is 0.364. The maximum absolute atomic E-state index is 5.27. The first-order chi connectivity index (χ1) is 6.72. The Kier molecular flexibility index (Phi) is 3.98. The molecule has 1 aliphatic carbocycles. The highest BCUT2D eigenvalue weighted by atomic mass is 15.0. The number of nitrogens with zero attached hydrogens (tertiary/aromatic N) is 1. The highest BCUT2D eigenvalue weighted by molar-refractivity contribution is 5.75. The molecule has 14 heavy (non-hydrogen) atoms. The van der Waals surface area contributed by atoms with Crippen molar-refractivity contribution in [1.29, 1.82) is 0 Å². The Balaban J connectivity index is 2.62. The third-order valence-electron chi connectivity index (χ3n) is 2.17. The highest BCUT2D eigenvalue weighted by Gasteiger charge is 1.98. The van der Waals surface area contributed by atoms with Crippen molar-refractivity contribution in [3.63, 3.8) is 0 Å². The maximum atomic E-state index is 5.27. The van der Waals surface area contributed by atoms with Crippen LogP contribution in [0.3, 0.4) is 0 Å². The standard InChI is InChI=1S/C11H17N3/c1-2-9-4-3-5-10(7-6-9)8-14-11(12)13/h2,5-7H,3-4,8H2,1H3,(H4,12,13,14)/b9-2-. The molecule has 0 saturated carbocycles. The van der Waals surface area contributed by atoms with Crippen molar-refractivity contribution in [1.82, 2.24) is 0 Å². The Hall–Kier alpha value is -1.51. The fourth-order valence-corrected chi connectivity index (χ4v) is 1.33. The second-order valence-electron chi connectivity index (χ2n) is 3.26. The summed E-state index contributed by atoms with van der Waals surface area (Å²) in [6.45, 7) is 2.64. The van der Waals surface area contributed by atoms with E-state index in [9.17, 15) is 0 Å². The van der Waals surface area contributed by atoms with Crippen molar-refractivity contribution in [3.05, 3.63) is 35.5 Å². The van der Waals surface area contributed by atoms with Crippen LogP contribution in [-0.2, 0) is 0 Å². The molecule has 3 heteroatoms. The van der Waals surface area contributed by atoms with Crippen LogP contribution in [0.4, 0.5) is 0 Å². The molecule has 4 N–H and O–H groups in total. The van der Waals surface area contributed by atoms with Crippen LogP contribution in [0.25, 0.3) is 0 Å². The van der Waals surface area contributed by atoms with Gasteiger partial charge in [-0.2, -0.15) is 0 Å². The quantitative estimate of drug-likeness (QED) is 0.513. The lowest BCUT2D eigenvalue weighted by Gasteiger charge is -1.95. The van der Waals surface area contributed by atoms with Crippen LogP contribution in [0.2, 0.25) is 0 Å². The molecule has 0 spiro atoms. The first-order valence-corrected chi connectivity index (χ1v) is 4.80. The van der Waals surface area contributed by atoms with Crippen LogP contribution in [0, 0.1) is 0 Å². The fourth-order valence-electron chi connectivity index (χ4n) is 1.33. The number of aliphatic imine (C=N–C) groups is 1. The van der Waals surface area contributed by atoms with Gasteiger partial charge in [-0.05, 0) is 25.3 Å². The monoisotopic (exact) mass is 191 g/mol. The van der Waals surface area contributed by atoms with Crippen LogP contribution < -0.4 is 11.5 Å². The average molecular weight is 191 g/mol. The number of allylic oxidation sites excluding steroid dienone is 4. The molecule has 0 aromatic carbocycles. The van der Waals surface area contributed by atoms with Gasteiger partial charge in [-0.3, -0.25) is 0 Å². The SMILES string of the molecule is C/C=C1\C=CC(CN=C(N)N)=CCC1. The van der Waals surface area contributed by atoms with Gasteiger partial charge < -0.3 is 11.5 Å². The number of hydrogen-bond acceptors (Lipinski definition) is 1. The normalized spacial score (nSPS) is 18.9. The third kappa shape index (κ3) is 3.47. The number of nitrogens with two attached hydrogens (primary N) is 2. The zero-order valence-electron chi connectivity index (χ0n) is 8.53. The summed E-state index contributed by atoms with van der Waals surface area (Å²) in [6.07, 6.45) is 10.7. The first-order valence-electron chi connectivity index (χ1n) is 4.80. The first kappa shape index (κ1) is 10.6. The molecular weight excluding hydrogens is 174 g/mol. The molecular formula is C11H17N3. The van der Waals surface area contributed by atoms with Crippen LogP contribution >= 0.6 is 0 Å². The minimum Gasteiger partial charge on any atom is -0.370 e. The summed E-state index contributed by atoms with van der Waals surface area (Å²) < 4.78 is 0. The number of guanidine groups is 1. The maximum Gasteiger partial charge on any atom is 0.186 e. The third-order valence-corrected chi connectivity index (χ3v) is 2.17. The minimum atomic E-state index is 0.148. The van der Waals surface area contributed by atoms with Crippen LogP contribution in [0.15, 0.2) is 40.4 Å². The molecule has 0 fully saturated rings. The molecule has 0 heterocycles. The van der Waals surface area contributed by atoms with Crippen molar-refractivity contribution in [3.8, 4) is 0 Å². The van der Waals surface area contributed by atoms with Gasteiger partial charge in [-0.15, -0.1) is 0 Å². The smallest absolute Gasteiger partial charge is 0.186 e. The molecule has 3 nitrogen and oxygen atoms in total. The Morgan fingerprint density at radius 3 is 2.93 bits per heavy atom. The summed E-state index contributed by atoms with van der Waals surface area (Å²) in [7, 11) is 0. The van der Waals surface area contributed by atoms with Gasteiger partial charge in [0.15, 0.2) is 5.96 Å². The Labute approximate surface area is 84.9 Å². The molecule has 0 aromatic rings. The number of hydrogen-bond donors (Lipinski definition) is 2. The summed E-state index contributed by atoms with van der Waals surface area (Å²) in [6, 6.07) is 0. The molecule has 1 aliphatic rings. The van der Waals surface area contributed by atoms with Crippen molar-refractivity contribution >= 4 is 5.96 Å². The van der Waals surface area contributed by atoms with E-state index in [1.165, 1.54) is 11.1 Å². The highest BCUT2D eigenvalue weighted by Crippen LogP contribution is 2.15.